The van der Waals surface area contributed by atoms with Crippen LogP contribution in [0.1, 0.15) is 15.3 Å². The van der Waals surface area contributed by atoms with Crippen LogP contribution in [-0.2, 0) is 11.8 Å². The third-order valence-corrected chi connectivity index (χ3v) is 8.10. The molecule has 1 saturated heterocycles. The van der Waals surface area contributed by atoms with Crippen molar-refractivity contribution in [2.24, 2.45) is 7.05 Å². The minimum absolute atomic E-state index is 0. The first-order valence-electron chi connectivity index (χ1n) is 13.9. The second kappa shape index (κ2) is 10.7. The molecule has 0 saturated carbocycles. The van der Waals surface area contributed by atoms with Crippen LogP contribution in [-0.4, -0.2) is 63.0 Å². The summed E-state index contributed by atoms with van der Waals surface area (Å²) in [4.78, 5) is 30.0. The average Bonchev–Trinajstić information content (AvgIpc) is 3.59. The molecule has 0 spiro atoms. The monoisotopic (exact) mass is 549 g/mol. The number of piperazine rings is 1. The van der Waals surface area contributed by atoms with Crippen LogP contribution in [0, 0.1) is 6.92 Å². The Morgan fingerprint density at radius 2 is 1.85 bits per heavy atom. The van der Waals surface area contributed by atoms with Gasteiger partial charge in [0.15, 0.2) is 0 Å². The number of anilines is 2. The number of nitrogens with one attached hydrogen (secondary N) is 2. The molecule has 5 aromatic rings. The zero-order valence-electron chi connectivity index (χ0n) is 24.0. The minimum atomic E-state index is -0.239. The van der Waals surface area contributed by atoms with Gasteiger partial charge in [-0.15, -0.1) is 0 Å². The van der Waals surface area contributed by atoms with Crippen molar-refractivity contribution >= 4 is 28.3 Å². The fourth-order valence-corrected chi connectivity index (χ4v) is 5.51. The summed E-state index contributed by atoms with van der Waals surface area (Å²) >= 11 is 0. The summed E-state index contributed by atoms with van der Waals surface area (Å²) in [5, 5.41) is 3.95. The highest BCUT2D eigenvalue weighted by Crippen LogP contribution is 2.40. The van der Waals surface area contributed by atoms with Gasteiger partial charge < -0.3 is 24.7 Å². The van der Waals surface area contributed by atoms with E-state index in [0.29, 0.717) is 6.04 Å². The lowest BCUT2D eigenvalue weighted by Crippen LogP contribution is -2.50. The smallest absolute Gasteiger partial charge is 0.247 e. The lowest BCUT2D eigenvalue weighted by molar-refractivity contribution is -0.111. The first kappa shape index (κ1) is 26.5. The molecule has 1 atom stereocenters. The predicted octanol–water partition coefficient (Wildman–Crippen LogP) is 6.36. The number of carbonyl (C=O) groups excluding carboxylic acids is 1. The highest BCUT2D eigenvalue weighted by atomic mass is 16.1. The number of aromatic nitrogens is 4. The Kier molecular flexibility index (Phi) is 6.93. The second-order valence-electron chi connectivity index (χ2n) is 11.0. The van der Waals surface area contributed by atoms with Crippen LogP contribution in [0.25, 0.3) is 44.7 Å². The van der Waals surface area contributed by atoms with Gasteiger partial charge in [-0.2, -0.15) is 0 Å². The Bertz CT molecular complexity index is 1760. The first-order chi connectivity index (χ1) is 19.8. The number of hydrogen-bond donors (Lipinski definition) is 2. The fourth-order valence-electron chi connectivity index (χ4n) is 5.51. The van der Waals surface area contributed by atoms with Gasteiger partial charge in [0.05, 0.1) is 17.7 Å². The topological polar surface area (TPSA) is 82.1 Å². The molecule has 1 aliphatic heterocycles. The van der Waals surface area contributed by atoms with E-state index in [-0.39, 0.29) is 8.76 Å². The van der Waals surface area contributed by atoms with E-state index in [2.05, 4.69) is 82.0 Å². The van der Waals surface area contributed by atoms with Gasteiger partial charge in [-0.05, 0) is 67.9 Å². The van der Waals surface area contributed by atoms with E-state index in [1.165, 1.54) is 11.8 Å². The van der Waals surface area contributed by atoms with Gasteiger partial charge in [0.2, 0.25) is 5.91 Å². The van der Waals surface area contributed by atoms with Crippen LogP contribution >= 0.6 is 0 Å². The molecule has 0 aliphatic carbocycles. The van der Waals surface area contributed by atoms with Gasteiger partial charge in [-0.3, -0.25) is 4.79 Å². The molecule has 2 aromatic carbocycles. The lowest BCUT2D eigenvalue weighted by Gasteiger charge is -2.39. The Morgan fingerprint density at radius 3 is 2.56 bits per heavy atom. The fraction of sp³-hybridized carbons (Fsp3) is 0.242. The molecule has 8 nitrogen and oxygen atoms in total. The summed E-state index contributed by atoms with van der Waals surface area (Å²) in [6.45, 7) is 10.9. The van der Waals surface area contributed by atoms with E-state index in [0.717, 1.165) is 75.6 Å². The molecule has 8 heteroatoms. The molecule has 3 aromatic heterocycles. The van der Waals surface area contributed by atoms with Crippen LogP contribution < -0.4 is 10.2 Å². The molecular weight excluding hydrogens is 510 g/mol. The Hall–Kier alpha value is -4.69. The van der Waals surface area contributed by atoms with Crippen molar-refractivity contribution in [1.82, 2.24) is 24.4 Å². The highest BCUT2D eigenvalue weighted by Gasteiger charge is 2.22. The maximum atomic E-state index is 12.2. The van der Waals surface area contributed by atoms with Crippen LogP contribution in [0.4, 0.5) is 11.4 Å². The van der Waals surface area contributed by atoms with E-state index >= 15 is 0 Å². The van der Waals surface area contributed by atoms with E-state index < -0.39 is 0 Å². The molecule has 0 bridgehead atoms. The molecule has 0 unspecified atom stereocenters. The van der Waals surface area contributed by atoms with E-state index in [1.807, 2.05) is 43.1 Å². The van der Waals surface area contributed by atoms with Crippen LogP contribution in [0.5, 0.6) is 0 Å². The van der Waals surface area contributed by atoms with E-state index in [9.17, 15) is 4.79 Å². The van der Waals surface area contributed by atoms with Gasteiger partial charge in [0.1, 0.15) is 5.65 Å². The van der Waals surface area contributed by atoms with Crippen LogP contribution in [0.3, 0.4) is 0 Å². The number of benzene rings is 2. The zero-order chi connectivity index (χ0) is 28.7. The maximum Gasteiger partial charge on any atom is 0.247 e. The van der Waals surface area contributed by atoms with Gasteiger partial charge in [-0.25, -0.2) is 9.97 Å². The zero-order valence-corrected chi connectivity index (χ0v) is 24.0. The number of H-pyrrole nitrogens is 1. The maximum absolute atomic E-state index is 12.2. The standard InChI is InChI=1S/C33H35N7O.2H2/c1-6-30(41)36-28-16-24(8-7-21(28)2)31-27-15-25(29-19-38(4)20-35-29)17-34-33(27)37-32(31)23-9-11-26(12-10-23)40-14-13-39(5)22(3)18-40;;/h6-12,15-17,19-20,22H,1,13-14,18H2,2-5H3,(H,34,37)(H,36,41);2*1H/t22-;;/m0../s1. The summed E-state index contributed by atoms with van der Waals surface area (Å²) in [7, 11) is 4.15. The number of carbonyl (C=O) groups is 1. The van der Waals surface area contributed by atoms with Gasteiger partial charge in [0.25, 0.3) is 0 Å². The third-order valence-electron chi connectivity index (χ3n) is 8.10. The molecule has 2 N–H and O–H groups in total. The van der Waals surface area contributed by atoms with Crippen molar-refractivity contribution in [2.45, 2.75) is 19.9 Å². The first-order valence-corrected chi connectivity index (χ1v) is 13.9. The molecule has 4 heterocycles. The lowest BCUT2D eigenvalue weighted by atomic mass is 9.96. The average molecular weight is 550 g/mol. The normalized spacial score (nSPS) is 15.8. The quantitative estimate of drug-likeness (QED) is 0.241. The van der Waals surface area contributed by atoms with Crippen LogP contribution in [0.15, 0.2) is 79.9 Å². The van der Waals surface area contributed by atoms with Crippen molar-refractivity contribution in [1.29, 1.82) is 0 Å². The van der Waals surface area contributed by atoms with Crippen molar-refractivity contribution in [3.05, 3.63) is 85.5 Å². The minimum Gasteiger partial charge on any atom is -0.369 e. The summed E-state index contributed by atoms with van der Waals surface area (Å²) < 4.78 is 1.93. The number of imidazole rings is 1. The SMILES string of the molecule is C=CC(=O)Nc1cc(-c2c(-c3ccc(N4CCN(C)[C@@H](C)C4)cc3)[nH]c3ncc(-c4cn(C)cn4)cc23)ccc1C.[HH].[HH]. The number of hydrogen-bond acceptors (Lipinski definition) is 5. The van der Waals surface area contributed by atoms with Gasteiger partial charge >= 0.3 is 0 Å². The number of amides is 1. The molecule has 6 rings (SSSR count). The molecule has 1 amide bonds. The summed E-state index contributed by atoms with van der Waals surface area (Å²) in [6, 6.07) is 17.6. The Morgan fingerprint density at radius 1 is 1.07 bits per heavy atom. The molecule has 0 radical (unpaired) electrons. The van der Waals surface area contributed by atoms with Crippen molar-refractivity contribution in [3.63, 3.8) is 0 Å². The van der Waals surface area contributed by atoms with Gasteiger partial charge in [-0.1, -0.05) is 30.8 Å². The highest BCUT2D eigenvalue weighted by molar-refractivity contribution is 6.05. The predicted molar refractivity (Wildman–Crippen MR) is 171 cm³/mol. The molecule has 1 aliphatic rings. The summed E-state index contributed by atoms with van der Waals surface area (Å²) in [6.07, 6.45) is 6.93. The van der Waals surface area contributed by atoms with Crippen LogP contribution in [0.2, 0.25) is 0 Å². The third kappa shape index (κ3) is 5.14. The van der Waals surface area contributed by atoms with E-state index in [1.54, 1.807) is 6.33 Å². The largest absolute Gasteiger partial charge is 0.369 e. The molecule has 1 fully saturated rings. The number of fused-ring (bicyclic) bond motifs is 1. The van der Waals surface area contributed by atoms with E-state index in [4.69, 9.17) is 4.98 Å². The second-order valence-corrected chi connectivity index (χ2v) is 11.0. The number of rotatable bonds is 6. The number of likely N-dealkylation sites (N-methyl/N-ethyl adjacent to an activating group) is 1. The molecular formula is C33H39N7O. The molecule has 41 heavy (non-hydrogen) atoms. The van der Waals surface area contributed by atoms with Gasteiger partial charge in [0, 0.05) is 75.9 Å². The summed E-state index contributed by atoms with van der Waals surface area (Å²) in [5.74, 6) is -0.239. The Balaban J connectivity index is 0.00000212. The molecule has 212 valence electrons. The number of nitrogens with zero attached hydrogens (tertiary/aromatic N) is 5. The summed E-state index contributed by atoms with van der Waals surface area (Å²) in [5.41, 5.74) is 9.61. The van der Waals surface area contributed by atoms with Crippen molar-refractivity contribution in [2.75, 3.05) is 36.9 Å². The number of pyridine rings is 1. The van der Waals surface area contributed by atoms with Crippen molar-refractivity contribution in [3.8, 4) is 33.6 Å². The van der Waals surface area contributed by atoms with Crippen molar-refractivity contribution < 1.29 is 7.65 Å². The Labute approximate surface area is 243 Å². The number of aryl methyl sites for hydroxylation is 2. The number of aromatic amines is 1.